The summed E-state index contributed by atoms with van der Waals surface area (Å²) in [7, 11) is 4.09. The highest BCUT2D eigenvalue weighted by atomic mass is 35.5. The molecule has 17 heavy (non-hydrogen) atoms. The normalized spacial score (nSPS) is 18.2. The molecule has 0 saturated carbocycles. The molecule has 1 aliphatic heterocycles. The van der Waals surface area contributed by atoms with Gasteiger partial charge in [-0.05, 0) is 37.9 Å². The van der Waals surface area contributed by atoms with Gasteiger partial charge in [-0.15, -0.1) is 0 Å². The van der Waals surface area contributed by atoms with Gasteiger partial charge in [-0.1, -0.05) is 11.6 Å². The lowest BCUT2D eigenvalue weighted by Gasteiger charge is -2.20. The van der Waals surface area contributed by atoms with Gasteiger partial charge < -0.3 is 15.0 Å². The van der Waals surface area contributed by atoms with Crippen molar-refractivity contribution in [2.45, 2.75) is 12.5 Å². The quantitative estimate of drug-likeness (QED) is 0.867. The van der Waals surface area contributed by atoms with Crippen molar-refractivity contribution in [3.63, 3.8) is 0 Å². The average molecular weight is 255 g/mol. The Morgan fingerprint density at radius 2 is 2.35 bits per heavy atom. The highest BCUT2D eigenvalue weighted by molar-refractivity contribution is 6.30. The van der Waals surface area contributed by atoms with Gasteiger partial charge in [-0.25, -0.2) is 0 Å². The molecule has 0 bridgehead atoms. The van der Waals surface area contributed by atoms with Gasteiger partial charge in [-0.2, -0.15) is 0 Å². The maximum Gasteiger partial charge on any atom is 0.123 e. The molecule has 1 aromatic rings. The number of rotatable bonds is 5. The maximum atomic E-state index is 5.97. The molecule has 1 aromatic carbocycles. The minimum atomic E-state index is 0.255. The van der Waals surface area contributed by atoms with E-state index in [4.69, 9.17) is 16.3 Å². The fourth-order valence-corrected chi connectivity index (χ4v) is 2.33. The molecule has 0 fully saturated rings. The van der Waals surface area contributed by atoms with Crippen LogP contribution in [0.2, 0.25) is 5.02 Å². The fraction of sp³-hybridized carbons (Fsp3) is 0.538. The zero-order valence-electron chi connectivity index (χ0n) is 10.4. The Labute approximate surface area is 108 Å². The van der Waals surface area contributed by atoms with Crippen LogP contribution in [0.3, 0.4) is 0 Å². The van der Waals surface area contributed by atoms with Gasteiger partial charge in [-0.3, -0.25) is 0 Å². The van der Waals surface area contributed by atoms with Crippen molar-refractivity contribution < 1.29 is 4.74 Å². The summed E-state index contributed by atoms with van der Waals surface area (Å²) in [5, 5.41) is 3.94. The molecule has 1 aliphatic rings. The molecule has 1 atom stereocenters. The van der Waals surface area contributed by atoms with Crippen molar-refractivity contribution in [3.05, 3.63) is 28.8 Å². The van der Waals surface area contributed by atoms with Crippen LogP contribution in [0.1, 0.15) is 5.56 Å². The standard InChI is InChI=1S/C13H19ClN2O/c1-15-5-6-16(2)9-12-8-10-7-11(14)3-4-13(10)17-12/h3-4,7,12,15H,5-6,8-9H2,1-2H3. The molecule has 0 saturated heterocycles. The molecular formula is C13H19ClN2O. The van der Waals surface area contributed by atoms with E-state index < -0.39 is 0 Å². The highest BCUT2D eigenvalue weighted by Gasteiger charge is 2.23. The number of benzene rings is 1. The zero-order valence-corrected chi connectivity index (χ0v) is 11.1. The van der Waals surface area contributed by atoms with E-state index in [1.54, 1.807) is 0 Å². The van der Waals surface area contributed by atoms with E-state index in [9.17, 15) is 0 Å². The van der Waals surface area contributed by atoms with Gasteiger partial charge in [0.2, 0.25) is 0 Å². The lowest BCUT2D eigenvalue weighted by atomic mass is 10.1. The van der Waals surface area contributed by atoms with Crippen LogP contribution in [-0.4, -0.2) is 44.7 Å². The van der Waals surface area contributed by atoms with Crippen LogP contribution in [0, 0.1) is 0 Å². The average Bonchev–Trinajstić information content (AvgIpc) is 2.67. The van der Waals surface area contributed by atoms with Crippen molar-refractivity contribution in [1.82, 2.24) is 10.2 Å². The van der Waals surface area contributed by atoms with Crippen LogP contribution < -0.4 is 10.1 Å². The SMILES string of the molecule is CNCCN(C)CC1Cc2cc(Cl)ccc2O1. The summed E-state index contributed by atoms with van der Waals surface area (Å²) in [5.41, 5.74) is 1.23. The smallest absolute Gasteiger partial charge is 0.123 e. The second-order valence-corrected chi connectivity index (χ2v) is 5.00. The summed E-state index contributed by atoms with van der Waals surface area (Å²) >= 11 is 5.97. The Balaban J connectivity index is 1.87. The van der Waals surface area contributed by atoms with E-state index in [1.165, 1.54) is 5.56 Å². The molecule has 0 spiro atoms. The zero-order chi connectivity index (χ0) is 12.3. The summed E-state index contributed by atoms with van der Waals surface area (Å²) < 4.78 is 5.89. The molecule has 4 heteroatoms. The van der Waals surface area contributed by atoms with E-state index >= 15 is 0 Å². The monoisotopic (exact) mass is 254 g/mol. The molecule has 0 aromatic heterocycles. The Kier molecular flexibility index (Phi) is 4.26. The third-order valence-corrected chi connectivity index (χ3v) is 3.26. The maximum absolute atomic E-state index is 5.97. The van der Waals surface area contributed by atoms with Crippen LogP contribution in [0.15, 0.2) is 18.2 Å². The third kappa shape index (κ3) is 3.35. The molecule has 1 heterocycles. The minimum absolute atomic E-state index is 0.255. The van der Waals surface area contributed by atoms with Crippen LogP contribution in [0.4, 0.5) is 0 Å². The van der Waals surface area contributed by atoms with Crippen molar-refractivity contribution >= 4 is 11.6 Å². The first-order valence-corrected chi connectivity index (χ1v) is 6.35. The van der Waals surface area contributed by atoms with Crippen molar-refractivity contribution in [2.24, 2.45) is 0 Å². The number of halogens is 1. The number of ether oxygens (including phenoxy) is 1. The highest BCUT2D eigenvalue weighted by Crippen LogP contribution is 2.31. The summed E-state index contributed by atoms with van der Waals surface area (Å²) in [6, 6.07) is 5.85. The van der Waals surface area contributed by atoms with Crippen molar-refractivity contribution in [2.75, 3.05) is 33.7 Å². The lowest BCUT2D eigenvalue weighted by molar-refractivity contribution is 0.169. The molecule has 0 radical (unpaired) electrons. The molecular weight excluding hydrogens is 236 g/mol. The third-order valence-electron chi connectivity index (χ3n) is 3.02. The number of hydrogen-bond donors (Lipinski definition) is 1. The molecule has 2 rings (SSSR count). The molecule has 94 valence electrons. The first kappa shape index (κ1) is 12.7. The van der Waals surface area contributed by atoms with Gasteiger partial charge in [0, 0.05) is 31.1 Å². The molecule has 1 unspecified atom stereocenters. The van der Waals surface area contributed by atoms with Gasteiger partial charge >= 0.3 is 0 Å². The van der Waals surface area contributed by atoms with E-state index in [-0.39, 0.29) is 6.10 Å². The second-order valence-electron chi connectivity index (χ2n) is 4.56. The van der Waals surface area contributed by atoms with Crippen LogP contribution in [0.5, 0.6) is 5.75 Å². The number of fused-ring (bicyclic) bond motifs is 1. The van der Waals surface area contributed by atoms with Gasteiger partial charge in [0.05, 0.1) is 0 Å². The molecule has 0 aliphatic carbocycles. The van der Waals surface area contributed by atoms with Crippen LogP contribution in [0.25, 0.3) is 0 Å². The summed E-state index contributed by atoms with van der Waals surface area (Å²) in [5.74, 6) is 0.987. The van der Waals surface area contributed by atoms with Crippen molar-refractivity contribution in [1.29, 1.82) is 0 Å². The number of nitrogens with zero attached hydrogens (tertiary/aromatic N) is 1. The predicted molar refractivity (Wildman–Crippen MR) is 71.0 cm³/mol. The number of hydrogen-bond acceptors (Lipinski definition) is 3. The number of likely N-dealkylation sites (N-methyl/N-ethyl adjacent to an activating group) is 2. The minimum Gasteiger partial charge on any atom is -0.488 e. The molecule has 3 nitrogen and oxygen atoms in total. The number of nitrogens with one attached hydrogen (secondary N) is 1. The van der Waals surface area contributed by atoms with E-state index in [0.717, 1.165) is 36.8 Å². The fourth-order valence-electron chi connectivity index (χ4n) is 2.13. The van der Waals surface area contributed by atoms with Gasteiger partial charge in [0.15, 0.2) is 0 Å². The summed E-state index contributed by atoms with van der Waals surface area (Å²) in [6.45, 7) is 2.99. The largest absolute Gasteiger partial charge is 0.488 e. The molecule has 0 amide bonds. The van der Waals surface area contributed by atoms with Crippen LogP contribution in [-0.2, 0) is 6.42 Å². The van der Waals surface area contributed by atoms with E-state index in [1.807, 2.05) is 25.2 Å². The van der Waals surface area contributed by atoms with Gasteiger partial charge in [0.1, 0.15) is 11.9 Å². The van der Waals surface area contributed by atoms with Gasteiger partial charge in [0.25, 0.3) is 0 Å². The topological polar surface area (TPSA) is 24.5 Å². The molecule has 1 N–H and O–H groups in total. The summed E-state index contributed by atoms with van der Waals surface area (Å²) in [4.78, 5) is 2.29. The van der Waals surface area contributed by atoms with Crippen LogP contribution >= 0.6 is 11.6 Å². The summed E-state index contributed by atoms with van der Waals surface area (Å²) in [6.07, 6.45) is 1.21. The van der Waals surface area contributed by atoms with Crippen molar-refractivity contribution in [3.8, 4) is 5.75 Å². The Morgan fingerprint density at radius 1 is 1.53 bits per heavy atom. The Morgan fingerprint density at radius 3 is 3.12 bits per heavy atom. The predicted octanol–water partition coefficient (Wildman–Crippen LogP) is 1.79. The van der Waals surface area contributed by atoms with E-state index in [2.05, 4.69) is 17.3 Å². The Bertz CT molecular complexity index is 384. The first-order valence-electron chi connectivity index (χ1n) is 5.97. The second kappa shape index (κ2) is 5.71. The lowest BCUT2D eigenvalue weighted by Crippen LogP contribution is -2.35. The first-order chi connectivity index (χ1) is 8.19. The Hall–Kier alpha value is -0.770. The van der Waals surface area contributed by atoms with E-state index in [0.29, 0.717) is 0 Å².